The number of rotatable bonds is 3. The summed E-state index contributed by atoms with van der Waals surface area (Å²) < 4.78 is 2.44. The first-order chi connectivity index (χ1) is 10.4. The van der Waals surface area contributed by atoms with Crippen molar-refractivity contribution < 1.29 is 0 Å². The highest BCUT2D eigenvalue weighted by molar-refractivity contribution is 5.71. The highest BCUT2D eigenvalue weighted by Crippen LogP contribution is 2.40. The van der Waals surface area contributed by atoms with Gasteiger partial charge in [0.2, 0.25) is 0 Å². The third-order valence-corrected chi connectivity index (χ3v) is 5.48. The van der Waals surface area contributed by atoms with Gasteiger partial charge < -0.3 is 9.88 Å². The smallest absolute Gasteiger partial charge is 0.160 e. The Balaban J connectivity index is 1.48. The zero-order valence-corrected chi connectivity index (χ0v) is 12.3. The van der Waals surface area contributed by atoms with E-state index < -0.39 is 0 Å². The number of hydrogen-bond acceptors (Lipinski definition) is 3. The van der Waals surface area contributed by atoms with Crippen LogP contribution in [0.3, 0.4) is 0 Å². The number of pyridine rings is 1. The molecule has 1 saturated carbocycles. The van der Waals surface area contributed by atoms with E-state index in [1.807, 2.05) is 12.3 Å². The second kappa shape index (κ2) is 4.54. The van der Waals surface area contributed by atoms with Crippen LogP contribution in [-0.4, -0.2) is 26.6 Å². The van der Waals surface area contributed by atoms with E-state index in [0.717, 1.165) is 35.6 Å². The number of fused-ring (bicyclic) bond motifs is 3. The van der Waals surface area contributed by atoms with E-state index in [-0.39, 0.29) is 0 Å². The lowest BCUT2D eigenvalue weighted by Crippen LogP contribution is -2.38. The van der Waals surface area contributed by atoms with E-state index >= 15 is 0 Å². The average molecular weight is 282 g/mol. The van der Waals surface area contributed by atoms with Gasteiger partial charge in [0.15, 0.2) is 5.65 Å². The summed E-state index contributed by atoms with van der Waals surface area (Å²) in [6.07, 6.45) is 11.1. The molecule has 0 amide bonds. The topological polar surface area (TPSA) is 42.7 Å². The molecular formula is C17H22N4. The summed E-state index contributed by atoms with van der Waals surface area (Å²) in [5, 5.41) is 3.74. The Labute approximate surface area is 125 Å². The first-order valence-electron chi connectivity index (χ1n) is 8.44. The third-order valence-electron chi connectivity index (χ3n) is 5.48. The Hall–Kier alpha value is -1.42. The van der Waals surface area contributed by atoms with E-state index in [4.69, 9.17) is 4.98 Å². The van der Waals surface area contributed by atoms with Crippen molar-refractivity contribution in [1.29, 1.82) is 0 Å². The van der Waals surface area contributed by atoms with Crippen molar-refractivity contribution >= 4 is 11.2 Å². The fourth-order valence-electron chi connectivity index (χ4n) is 4.44. The van der Waals surface area contributed by atoms with Gasteiger partial charge in [0.1, 0.15) is 11.3 Å². The predicted octanol–water partition coefficient (Wildman–Crippen LogP) is 2.84. The highest BCUT2D eigenvalue weighted by Gasteiger charge is 2.35. The quantitative estimate of drug-likeness (QED) is 0.941. The van der Waals surface area contributed by atoms with Crippen LogP contribution in [0.15, 0.2) is 18.3 Å². The molecule has 2 aromatic rings. The van der Waals surface area contributed by atoms with Gasteiger partial charge in [0.05, 0.1) is 0 Å². The van der Waals surface area contributed by atoms with Gasteiger partial charge in [-0.25, -0.2) is 9.97 Å². The first kappa shape index (κ1) is 12.2. The largest absolute Gasteiger partial charge is 0.311 e. The van der Waals surface area contributed by atoms with Gasteiger partial charge >= 0.3 is 0 Å². The molecule has 3 fully saturated rings. The average Bonchev–Trinajstić information content (AvgIpc) is 3.18. The molecule has 2 saturated heterocycles. The van der Waals surface area contributed by atoms with Crippen molar-refractivity contribution in [3.63, 3.8) is 0 Å². The van der Waals surface area contributed by atoms with E-state index in [9.17, 15) is 0 Å². The van der Waals surface area contributed by atoms with Gasteiger partial charge in [-0.3, -0.25) is 0 Å². The predicted molar refractivity (Wildman–Crippen MR) is 82.2 cm³/mol. The van der Waals surface area contributed by atoms with Gasteiger partial charge in [-0.1, -0.05) is 0 Å². The Kier molecular flexibility index (Phi) is 2.63. The molecule has 0 spiro atoms. The Morgan fingerprint density at radius 2 is 1.95 bits per heavy atom. The maximum absolute atomic E-state index is 4.92. The minimum atomic E-state index is 0.665. The molecule has 2 bridgehead atoms. The molecule has 4 heterocycles. The van der Waals surface area contributed by atoms with E-state index in [0.29, 0.717) is 6.04 Å². The molecule has 1 aliphatic carbocycles. The van der Waals surface area contributed by atoms with Crippen molar-refractivity contribution in [3.8, 4) is 0 Å². The van der Waals surface area contributed by atoms with Crippen molar-refractivity contribution in [2.75, 3.05) is 0 Å². The lowest BCUT2D eigenvalue weighted by Gasteiger charge is -2.29. The number of imidazole rings is 1. The summed E-state index contributed by atoms with van der Waals surface area (Å²) in [6.45, 7) is 0. The fraction of sp³-hybridized carbons (Fsp3) is 0.647. The van der Waals surface area contributed by atoms with Gasteiger partial charge in [0, 0.05) is 30.7 Å². The molecule has 110 valence electrons. The van der Waals surface area contributed by atoms with E-state index in [1.165, 1.54) is 44.3 Å². The second-order valence-electron chi connectivity index (χ2n) is 7.15. The summed E-state index contributed by atoms with van der Waals surface area (Å²) in [6, 6.07) is 6.31. The summed E-state index contributed by atoms with van der Waals surface area (Å²) in [5.41, 5.74) is 2.18. The van der Waals surface area contributed by atoms with Crippen LogP contribution < -0.4 is 5.32 Å². The van der Waals surface area contributed by atoms with Gasteiger partial charge in [0.25, 0.3) is 0 Å². The van der Waals surface area contributed by atoms with Crippen LogP contribution in [0.4, 0.5) is 0 Å². The van der Waals surface area contributed by atoms with E-state index in [1.54, 1.807) is 0 Å². The van der Waals surface area contributed by atoms with Crippen molar-refractivity contribution in [3.05, 3.63) is 24.2 Å². The number of hydrogen-bond donors (Lipinski definition) is 1. The van der Waals surface area contributed by atoms with Gasteiger partial charge in [-0.2, -0.15) is 0 Å². The number of nitrogens with zero attached hydrogens (tertiary/aromatic N) is 3. The molecule has 0 radical (unpaired) electrons. The molecule has 5 rings (SSSR count). The Morgan fingerprint density at radius 1 is 1.14 bits per heavy atom. The molecule has 2 aromatic heterocycles. The molecule has 4 nitrogen and oxygen atoms in total. The summed E-state index contributed by atoms with van der Waals surface area (Å²) in [4.78, 5) is 9.51. The first-order valence-corrected chi connectivity index (χ1v) is 8.44. The monoisotopic (exact) mass is 282 g/mol. The van der Waals surface area contributed by atoms with Crippen LogP contribution in [-0.2, 0) is 6.42 Å². The number of nitrogens with one attached hydrogen (secondary N) is 1. The lowest BCUT2D eigenvalue weighted by atomic mass is 9.89. The summed E-state index contributed by atoms with van der Waals surface area (Å²) in [7, 11) is 0. The van der Waals surface area contributed by atoms with Crippen LogP contribution >= 0.6 is 0 Å². The molecule has 3 aliphatic rings. The zero-order valence-electron chi connectivity index (χ0n) is 12.3. The molecule has 2 unspecified atom stereocenters. The second-order valence-corrected chi connectivity index (χ2v) is 7.15. The van der Waals surface area contributed by atoms with Crippen LogP contribution in [0, 0.1) is 5.92 Å². The van der Waals surface area contributed by atoms with E-state index in [2.05, 4.69) is 20.9 Å². The Bertz CT molecular complexity index is 660. The van der Waals surface area contributed by atoms with Crippen LogP contribution in [0.2, 0.25) is 0 Å². The maximum atomic E-state index is 4.92. The third kappa shape index (κ3) is 2.08. The Morgan fingerprint density at radius 3 is 2.71 bits per heavy atom. The molecule has 0 aromatic carbocycles. The molecule has 4 heteroatoms. The summed E-state index contributed by atoms with van der Waals surface area (Å²) >= 11 is 0. The SMILES string of the molecule is c1cnc2c(c1)nc(CC1CC3CCC(C1)N3)n2C1CC1. The van der Waals surface area contributed by atoms with Crippen molar-refractivity contribution in [2.24, 2.45) is 5.92 Å². The minimum absolute atomic E-state index is 0.665. The fourth-order valence-corrected chi connectivity index (χ4v) is 4.44. The van der Waals surface area contributed by atoms with Crippen LogP contribution in [0.5, 0.6) is 0 Å². The molecule has 1 N–H and O–H groups in total. The normalized spacial score (nSPS) is 31.9. The standard InChI is InChI=1S/C17H22N4/c1-2-15-17(18-7-1)21(14-5-6-14)16(20-15)10-11-8-12-3-4-13(9-11)19-12/h1-2,7,11-14,19H,3-6,8-10H2. The highest BCUT2D eigenvalue weighted by atomic mass is 15.2. The van der Waals surface area contributed by atoms with Crippen LogP contribution in [0.25, 0.3) is 11.2 Å². The maximum Gasteiger partial charge on any atom is 0.160 e. The minimum Gasteiger partial charge on any atom is -0.311 e. The zero-order chi connectivity index (χ0) is 13.8. The molecular weight excluding hydrogens is 260 g/mol. The lowest BCUT2D eigenvalue weighted by molar-refractivity contribution is 0.293. The number of aromatic nitrogens is 3. The van der Waals surface area contributed by atoms with Gasteiger partial charge in [-0.05, 0) is 56.6 Å². The number of piperidine rings is 1. The summed E-state index contributed by atoms with van der Waals surface area (Å²) in [5.74, 6) is 2.09. The molecule has 21 heavy (non-hydrogen) atoms. The molecule has 2 atom stereocenters. The van der Waals surface area contributed by atoms with Crippen molar-refractivity contribution in [1.82, 2.24) is 19.9 Å². The van der Waals surface area contributed by atoms with Crippen LogP contribution in [0.1, 0.15) is 50.4 Å². The van der Waals surface area contributed by atoms with Gasteiger partial charge in [-0.15, -0.1) is 0 Å². The molecule has 2 aliphatic heterocycles. The van der Waals surface area contributed by atoms with Crippen molar-refractivity contribution in [2.45, 2.75) is 63.1 Å².